The van der Waals surface area contributed by atoms with Gasteiger partial charge in [0.05, 0.1) is 6.54 Å². The van der Waals surface area contributed by atoms with Gasteiger partial charge in [-0.15, -0.1) is 11.3 Å². The molecule has 0 spiro atoms. The average molecular weight is 257 g/mol. The van der Waals surface area contributed by atoms with Gasteiger partial charge < -0.3 is 5.73 Å². The highest BCUT2D eigenvalue weighted by molar-refractivity contribution is 7.13. The van der Waals surface area contributed by atoms with Crippen molar-refractivity contribution in [3.8, 4) is 11.8 Å². The lowest BCUT2D eigenvalue weighted by Crippen LogP contribution is -2.11. The Morgan fingerprint density at radius 2 is 2.17 bits per heavy atom. The van der Waals surface area contributed by atoms with Crippen LogP contribution in [-0.2, 0) is 0 Å². The summed E-state index contributed by atoms with van der Waals surface area (Å²) in [6.45, 7) is 0.326. The molecule has 1 aromatic carbocycles. The second kappa shape index (κ2) is 5.96. The van der Waals surface area contributed by atoms with Crippen LogP contribution in [0.3, 0.4) is 0 Å². The number of rotatable bonds is 2. The molecule has 0 aliphatic carbocycles. The lowest BCUT2D eigenvalue weighted by molar-refractivity contribution is 0.102. The van der Waals surface area contributed by atoms with Crippen molar-refractivity contribution in [1.82, 2.24) is 4.98 Å². The normalized spacial score (nSPS) is 9.39. The summed E-state index contributed by atoms with van der Waals surface area (Å²) in [4.78, 5) is 15.8. The van der Waals surface area contributed by atoms with Gasteiger partial charge in [0.25, 0.3) is 5.91 Å². The van der Waals surface area contributed by atoms with Crippen LogP contribution in [0.2, 0.25) is 0 Å². The summed E-state index contributed by atoms with van der Waals surface area (Å²) in [6, 6.07) is 7.03. The molecule has 3 N–H and O–H groups in total. The monoisotopic (exact) mass is 257 g/mol. The number of aromatic nitrogens is 1. The summed E-state index contributed by atoms with van der Waals surface area (Å²) >= 11 is 1.38. The molecule has 0 aliphatic rings. The second-order valence-electron chi connectivity index (χ2n) is 3.37. The van der Waals surface area contributed by atoms with Gasteiger partial charge in [0, 0.05) is 22.7 Å². The van der Waals surface area contributed by atoms with Crippen LogP contribution in [0.4, 0.5) is 5.13 Å². The molecule has 18 heavy (non-hydrogen) atoms. The van der Waals surface area contributed by atoms with Gasteiger partial charge in [-0.3, -0.25) is 10.1 Å². The summed E-state index contributed by atoms with van der Waals surface area (Å²) in [7, 11) is 0. The van der Waals surface area contributed by atoms with Gasteiger partial charge in [-0.2, -0.15) is 0 Å². The molecule has 1 heterocycles. The van der Waals surface area contributed by atoms with Crippen molar-refractivity contribution >= 4 is 22.4 Å². The second-order valence-corrected chi connectivity index (χ2v) is 4.27. The standard InChI is InChI=1S/C13H11N3OS/c14-7-1-2-10-3-5-11(6-4-10)12(17)16-13-15-8-9-18-13/h3-6,8-9H,7,14H2,(H,15,16,17). The Kier molecular flexibility index (Phi) is 4.07. The number of anilines is 1. The van der Waals surface area contributed by atoms with E-state index in [2.05, 4.69) is 22.1 Å². The van der Waals surface area contributed by atoms with Crippen molar-refractivity contribution < 1.29 is 4.79 Å². The fourth-order valence-corrected chi connectivity index (χ4v) is 1.84. The van der Waals surface area contributed by atoms with Crippen LogP contribution in [0, 0.1) is 11.8 Å². The van der Waals surface area contributed by atoms with Gasteiger partial charge in [-0.1, -0.05) is 11.8 Å². The first-order valence-corrected chi connectivity index (χ1v) is 6.17. The van der Waals surface area contributed by atoms with Gasteiger partial charge >= 0.3 is 0 Å². The molecule has 0 unspecified atom stereocenters. The van der Waals surface area contributed by atoms with E-state index < -0.39 is 0 Å². The molecule has 1 amide bonds. The summed E-state index contributed by atoms with van der Waals surface area (Å²) in [5.41, 5.74) is 6.70. The summed E-state index contributed by atoms with van der Waals surface area (Å²) in [5.74, 6) is 5.48. The largest absolute Gasteiger partial charge is 0.320 e. The molecule has 0 saturated heterocycles. The number of hydrogen-bond acceptors (Lipinski definition) is 4. The number of thiazole rings is 1. The van der Waals surface area contributed by atoms with Crippen molar-refractivity contribution in [1.29, 1.82) is 0 Å². The van der Waals surface area contributed by atoms with E-state index in [1.165, 1.54) is 11.3 Å². The zero-order valence-electron chi connectivity index (χ0n) is 9.51. The van der Waals surface area contributed by atoms with E-state index in [0.717, 1.165) is 5.56 Å². The van der Waals surface area contributed by atoms with Gasteiger partial charge in [-0.25, -0.2) is 4.98 Å². The van der Waals surface area contributed by atoms with Gasteiger partial charge in [0.1, 0.15) is 0 Å². The van der Waals surface area contributed by atoms with Crippen LogP contribution in [-0.4, -0.2) is 17.4 Å². The number of carbonyl (C=O) groups is 1. The van der Waals surface area contributed by atoms with E-state index in [0.29, 0.717) is 17.2 Å². The zero-order chi connectivity index (χ0) is 12.8. The minimum absolute atomic E-state index is 0.178. The Hall–Kier alpha value is -2.16. The van der Waals surface area contributed by atoms with Crippen LogP contribution < -0.4 is 11.1 Å². The van der Waals surface area contributed by atoms with Crippen molar-refractivity contribution in [3.63, 3.8) is 0 Å². The molecule has 0 fully saturated rings. The first-order valence-electron chi connectivity index (χ1n) is 5.29. The minimum Gasteiger partial charge on any atom is -0.320 e. The molecule has 4 nitrogen and oxygen atoms in total. The van der Waals surface area contributed by atoms with Crippen LogP contribution in [0.15, 0.2) is 35.8 Å². The van der Waals surface area contributed by atoms with E-state index in [4.69, 9.17) is 5.73 Å². The maximum atomic E-state index is 11.8. The SMILES string of the molecule is NCC#Cc1ccc(C(=O)Nc2nccs2)cc1. The maximum absolute atomic E-state index is 11.8. The topological polar surface area (TPSA) is 68.0 Å². The summed E-state index contributed by atoms with van der Waals surface area (Å²) in [5, 5.41) is 5.11. The van der Waals surface area contributed by atoms with E-state index in [1.54, 1.807) is 35.8 Å². The quantitative estimate of drug-likeness (QED) is 0.805. The molecule has 2 rings (SSSR count). The fourth-order valence-electron chi connectivity index (χ4n) is 1.31. The van der Waals surface area contributed by atoms with E-state index in [9.17, 15) is 4.79 Å². The van der Waals surface area contributed by atoms with Crippen LogP contribution in [0.25, 0.3) is 0 Å². The summed E-state index contributed by atoms with van der Waals surface area (Å²) in [6.07, 6.45) is 1.64. The highest BCUT2D eigenvalue weighted by atomic mass is 32.1. The minimum atomic E-state index is -0.178. The molecule has 0 aliphatic heterocycles. The van der Waals surface area contributed by atoms with Crippen molar-refractivity contribution in [2.45, 2.75) is 0 Å². The predicted octanol–water partition coefficient (Wildman–Crippen LogP) is 1.71. The lowest BCUT2D eigenvalue weighted by Gasteiger charge is -2.01. The van der Waals surface area contributed by atoms with E-state index in [1.807, 2.05) is 0 Å². The van der Waals surface area contributed by atoms with E-state index >= 15 is 0 Å². The Labute approximate surface area is 109 Å². The average Bonchev–Trinajstić information content (AvgIpc) is 2.89. The number of hydrogen-bond donors (Lipinski definition) is 2. The molecule has 1 aromatic heterocycles. The molecule has 0 saturated carbocycles. The van der Waals surface area contributed by atoms with Crippen LogP contribution in [0.1, 0.15) is 15.9 Å². The molecule has 0 atom stereocenters. The number of carbonyl (C=O) groups excluding carboxylic acids is 1. The fraction of sp³-hybridized carbons (Fsp3) is 0.0769. The first-order chi connectivity index (χ1) is 8.79. The highest BCUT2D eigenvalue weighted by Gasteiger charge is 2.06. The smallest absolute Gasteiger partial charge is 0.257 e. The van der Waals surface area contributed by atoms with Crippen molar-refractivity contribution in [2.75, 3.05) is 11.9 Å². The highest BCUT2D eigenvalue weighted by Crippen LogP contribution is 2.12. The van der Waals surface area contributed by atoms with Crippen molar-refractivity contribution in [2.24, 2.45) is 5.73 Å². The maximum Gasteiger partial charge on any atom is 0.257 e. The molecule has 90 valence electrons. The molecule has 0 bridgehead atoms. The number of nitrogens with zero attached hydrogens (tertiary/aromatic N) is 1. The molecule has 2 aromatic rings. The molecule has 0 radical (unpaired) electrons. The Balaban J connectivity index is 2.07. The Bertz CT molecular complexity index is 579. The predicted molar refractivity (Wildman–Crippen MR) is 72.4 cm³/mol. The number of nitrogens with two attached hydrogens (primary N) is 1. The lowest BCUT2D eigenvalue weighted by atomic mass is 10.1. The third-order valence-electron chi connectivity index (χ3n) is 2.13. The third kappa shape index (κ3) is 3.17. The number of benzene rings is 1. The molecule has 5 heteroatoms. The summed E-state index contributed by atoms with van der Waals surface area (Å²) < 4.78 is 0. The van der Waals surface area contributed by atoms with Gasteiger partial charge in [0.15, 0.2) is 5.13 Å². The number of amides is 1. The van der Waals surface area contributed by atoms with Gasteiger partial charge in [0.2, 0.25) is 0 Å². The van der Waals surface area contributed by atoms with Crippen molar-refractivity contribution in [3.05, 3.63) is 47.0 Å². The number of nitrogens with one attached hydrogen (secondary N) is 1. The van der Waals surface area contributed by atoms with E-state index in [-0.39, 0.29) is 5.91 Å². The third-order valence-corrected chi connectivity index (χ3v) is 2.82. The Morgan fingerprint density at radius 1 is 1.39 bits per heavy atom. The Morgan fingerprint density at radius 3 is 2.78 bits per heavy atom. The van der Waals surface area contributed by atoms with Crippen LogP contribution in [0.5, 0.6) is 0 Å². The zero-order valence-corrected chi connectivity index (χ0v) is 10.3. The van der Waals surface area contributed by atoms with Crippen LogP contribution >= 0.6 is 11.3 Å². The van der Waals surface area contributed by atoms with Gasteiger partial charge in [-0.05, 0) is 24.3 Å². The molecular weight excluding hydrogens is 246 g/mol. The molecular formula is C13H11N3OS. The first kappa shape index (κ1) is 12.3.